The fraction of sp³-hybridized carbons (Fsp3) is 0.467. The number of fused-ring (bicyclic) bond motifs is 1. The third-order valence-corrected chi connectivity index (χ3v) is 4.24. The Balaban J connectivity index is 2.44. The molecule has 0 spiro atoms. The molecule has 1 heterocycles. The van der Waals surface area contributed by atoms with E-state index in [1.165, 1.54) is 10.9 Å². The highest BCUT2D eigenvalue weighted by Gasteiger charge is 2.26. The van der Waals surface area contributed by atoms with E-state index in [1.54, 1.807) is 17.4 Å². The zero-order chi connectivity index (χ0) is 13.3. The molecule has 0 saturated carbocycles. The van der Waals surface area contributed by atoms with Crippen LogP contribution in [-0.4, -0.2) is 6.54 Å². The van der Waals surface area contributed by atoms with Gasteiger partial charge >= 0.3 is 0 Å². The van der Waals surface area contributed by atoms with Crippen molar-refractivity contribution >= 4 is 21.4 Å². The van der Waals surface area contributed by atoms with Crippen molar-refractivity contribution in [3.05, 3.63) is 35.0 Å². The van der Waals surface area contributed by atoms with Gasteiger partial charge in [0, 0.05) is 15.6 Å². The summed E-state index contributed by atoms with van der Waals surface area (Å²) in [6.45, 7) is 9.73. The Morgan fingerprint density at radius 2 is 2.00 bits per heavy atom. The third kappa shape index (κ3) is 2.73. The minimum atomic E-state index is -0.164. The molecule has 1 nitrogen and oxygen atoms in total. The van der Waals surface area contributed by atoms with E-state index in [0.717, 1.165) is 16.6 Å². The second-order valence-electron chi connectivity index (χ2n) is 5.69. The lowest BCUT2D eigenvalue weighted by molar-refractivity contribution is 0.281. The van der Waals surface area contributed by atoms with Crippen molar-refractivity contribution in [2.45, 2.75) is 33.7 Å². The Morgan fingerprint density at radius 3 is 2.61 bits per heavy atom. The van der Waals surface area contributed by atoms with Gasteiger partial charge in [-0.2, -0.15) is 0 Å². The van der Waals surface area contributed by atoms with E-state index in [9.17, 15) is 4.39 Å². The highest BCUT2D eigenvalue weighted by molar-refractivity contribution is 7.19. The standard InChI is InChI=1S/C15H20FNS/c1-5-17-14(15(2,3)4)13-9-10-8-11(16)6-7-12(10)18-13/h6-9,14,17H,5H2,1-4H3. The minimum absolute atomic E-state index is 0.148. The number of thiophene rings is 1. The van der Waals surface area contributed by atoms with Crippen molar-refractivity contribution in [2.24, 2.45) is 5.41 Å². The Bertz CT molecular complexity index is 539. The summed E-state index contributed by atoms with van der Waals surface area (Å²) < 4.78 is 14.4. The first-order valence-corrected chi connectivity index (χ1v) is 7.16. The SMILES string of the molecule is CCNC(c1cc2cc(F)ccc2s1)C(C)(C)C. The zero-order valence-corrected chi connectivity index (χ0v) is 12.2. The van der Waals surface area contributed by atoms with Crippen molar-refractivity contribution in [3.8, 4) is 0 Å². The second-order valence-corrected chi connectivity index (χ2v) is 6.80. The summed E-state index contributed by atoms with van der Waals surface area (Å²) in [4.78, 5) is 1.28. The van der Waals surface area contributed by atoms with Gasteiger partial charge in [0.1, 0.15) is 5.82 Å². The smallest absolute Gasteiger partial charge is 0.123 e. The lowest BCUT2D eigenvalue weighted by atomic mass is 9.85. The number of halogens is 1. The quantitative estimate of drug-likeness (QED) is 0.845. The van der Waals surface area contributed by atoms with Crippen LogP contribution in [0.3, 0.4) is 0 Å². The molecule has 2 rings (SSSR count). The van der Waals surface area contributed by atoms with Crippen LogP contribution in [0.15, 0.2) is 24.3 Å². The Kier molecular flexibility index (Phi) is 3.74. The van der Waals surface area contributed by atoms with Crippen molar-refractivity contribution < 1.29 is 4.39 Å². The molecule has 18 heavy (non-hydrogen) atoms. The predicted molar refractivity (Wildman–Crippen MR) is 77.7 cm³/mol. The first kappa shape index (κ1) is 13.5. The van der Waals surface area contributed by atoms with Crippen LogP contribution in [0.1, 0.15) is 38.6 Å². The summed E-state index contributed by atoms with van der Waals surface area (Å²) in [6.07, 6.45) is 0. The van der Waals surface area contributed by atoms with Gasteiger partial charge in [-0.1, -0.05) is 27.7 Å². The average molecular weight is 265 g/mol. The van der Waals surface area contributed by atoms with Gasteiger partial charge in [-0.3, -0.25) is 0 Å². The topological polar surface area (TPSA) is 12.0 Å². The van der Waals surface area contributed by atoms with Crippen LogP contribution in [0.2, 0.25) is 0 Å². The van der Waals surface area contributed by atoms with Gasteiger partial charge in [0.25, 0.3) is 0 Å². The Labute approximate surface area is 112 Å². The molecular formula is C15H20FNS. The van der Waals surface area contributed by atoms with Gasteiger partial charge < -0.3 is 5.32 Å². The molecular weight excluding hydrogens is 245 g/mol. The summed E-state index contributed by atoms with van der Waals surface area (Å²) in [5.41, 5.74) is 0.148. The monoisotopic (exact) mass is 265 g/mol. The zero-order valence-electron chi connectivity index (χ0n) is 11.4. The molecule has 0 bridgehead atoms. The number of nitrogens with one attached hydrogen (secondary N) is 1. The van der Waals surface area contributed by atoms with Gasteiger partial charge in [0.05, 0.1) is 0 Å². The van der Waals surface area contributed by atoms with Crippen molar-refractivity contribution in [1.82, 2.24) is 5.32 Å². The third-order valence-electron chi connectivity index (χ3n) is 3.06. The molecule has 2 aromatic rings. The number of hydrogen-bond donors (Lipinski definition) is 1. The van der Waals surface area contributed by atoms with Crippen molar-refractivity contribution in [3.63, 3.8) is 0 Å². The fourth-order valence-corrected chi connectivity index (χ4v) is 3.58. The Morgan fingerprint density at radius 1 is 1.28 bits per heavy atom. The fourth-order valence-electron chi connectivity index (χ4n) is 2.21. The molecule has 1 aromatic heterocycles. The van der Waals surface area contributed by atoms with Crippen LogP contribution >= 0.6 is 11.3 Å². The van der Waals surface area contributed by atoms with E-state index >= 15 is 0 Å². The number of rotatable bonds is 3. The molecule has 0 radical (unpaired) electrons. The minimum Gasteiger partial charge on any atom is -0.309 e. The van der Waals surface area contributed by atoms with Crippen LogP contribution in [0.5, 0.6) is 0 Å². The van der Waals surface area contributed by atoms with E-state index in [2.05, 4.69) is 39.1 Å². The van der Waals surface area contributed by atoms with E-state index in [0.29, 0.717) is 6.04 Å². The summed E-state index contributed by atoms with van der Waals surface area (Å²) in [7, 11) is 0. The van der Waals surface area contributed by atoms with Crippen LogP contribution in [-0.2, 0) is 0 Å². The number of hydrogen-bond acceptors (Lipinski definition) is 2. The molecule has 0 amide bonds. The largest absolute Gasteiger partial charge is 0.309 e. The molecule has 1 N–H and O–H groups in total. The van der Waals surface area contributed by atoms with Gasteiger partial charge in [-0.25, -0.2) is 4.39 Å². The summed E-state index contributed by atoms with van der Waals surface area (Å²) in [6, 6.07) is 7.43. The molecule has 0 aliphatic heterocycles. The van der Waals surface area contributed by atoms with Crippen LogP contribution in [0.4, 0.5) is 4.39 Å². The molecule has 1 aromatic carbocycles. The van der Waals surface area contributed by atoms with E-state index in [1.807, 2.05) is 6.07 Å². The molecule has 0 fully saturated rings. The predicted octanol–water partition coefficient (Wildman–Crippen LogP) is 4.74. The highest BCUT2D eigenvalue weighted by atomic mass is 32.1. The molecule has 0 saturated heterocycles. The van der Waals surface area contributed by atoms with Gasteiger partial charge in [-0.05, 0) is 41.6 Å². The molecule has 1 unspecified atom stereocenters. The van der Waals surface area contributed by atoms with E-state index < -0.39 is 0 Å². The van der Waals surface area contributed by atoms with Gasteiger partial charge in [0.2, 0.25) is 0 Å². The lowest BCUT2D eigenvalue weighted by Gasteiger charge is -2.30. The molecule has 98 valence electrons. The van der Waals surface area contributed by atoms with Crippen LogP contribution in [0.25, 0.3) is 10.1 Å². The van der Waals surface area contributed by atoms with E-state index in [4.69, 9.17) is 0 Å². The van der Waals surface area contributed by atoms with Gasteiger partial charge in [-0.15, -0.1) is 11.3 Å². The van der Waals surface area contributed by atoms with Crippen molar-refractivity contribution in [2.75, 3.05) is 6.54 Å². The van der Waals surface area contributed by atoms with Crippen LogP contribution < -0.4 is 5.32 Å². The summed E-state index contributed by atoms with van der Waals surface area (Å²) in [5, 5.41) is 4.53. The van der Waals surface area contributed by atoms with Crippen molar-refractivity contribution in [1.29, 1.82) is 0 Å². The second kappa shape index (κ2) is 4.98. The molecule has 1 atom stereocenters. The normalized spacial score (nSPS) is 14.1. The van der Waals surface area contributed by atoms with Gasteiger partial charge in [0.15, 0.2) is 0 Å². The molecule has 0 aliphatic carbocycles. The average Bonchev–Trinajstić information content (AvgIpc) is 2.66. The summed E-state index contributed by atoms with van der Waals surface area (Å²) >= 11 is 1.75. The maximum atomic E-state index is 13.2. The molecule has 3 heteroatoms. The van der Waals surface area contributed by atoms with E-state index in [-0.39, 0.29) is 11.2 Å². The molecule has 0 aliphatic rings. The van der Waals surface area contributed by atoms with Crippen LogP contribution in [0, 0.1) is 11.2 Å². The maximum Gasteiger partial charge on any atom is 0.123 e. The summed E-state index contributed by atoms with van der Waals surface area (Å²) in [5.74, 6) is -0.164. The highest BCUT2D eigenvalue weighted by Crippen LogP contribution is 2.38. The first-order valence-electron chi connectivity index (χ1n) is 6.34. The Hall–Kier alpha value is -0.930. The number of benzene rings is 1. The lowest BCUT2D eigenvalue weighted by Crippen LogP contribution is -2.31. The first-order chi connectivity index (χ1) is 8.41. The maximum absolute atomic E-state index is 13.2.